The maximum Gasteiger partial charge on any atom is 0.240 e. The molecule has 4 fully saturated rings. The van der Waals surface area contributed by atoms with Crippen LogP contribution in [0, 0.1) is 5.92 Å². The maximum atomic E-state index is 5.36. The smallest absolute Gasteiger partial charge is 0.240 e. The van der Waals surface area contributed by atoms with Gasteiger partial charge in [-0.25, -0.2) is 0 Å². The van der Waals surface area contributed by atoms with Gasteiger partial charge in [-0.15, -0.1) is 0 Å². The van der Waals surface area contributed by atoms with Gasteiger partial charge in [-0.05, 0) is 25.3 Å². The molecule has 0 spiro atoms. The molecule has 4 heterocycles. The van der Waals surface area contributed by atoms with Gasteiger partial charge in [0, 0.05) is 32.7 Å². The summed E-state index contributed by atoms with van der Waals surface area (Å²) >= 11 is 0. The van der Waals surface area contributed by atoms with Crippen molar-refractivity contribution < 1.29 is 4.52 Å². The van der Waals surface area contributed by atoms with E-state index in [4.69, 9.17) is 4.52 Å². The third-order valence-electron chi connectivity index (χ3n) is 4.47. The largest absolute Gasteiger partial charge is 0.338 e. The monoisotopic (exact) mass is 263 g/mol. The van der Waals surface area contributed by atoms with Gasteiger partial charge < -0.3 is 9.84 Å². The number of hydrogen-bond donors (Lipinski definition) is 1. The predicted molar refractivity (Wildman–Crippen MR) is 69.5 cm³/mol. The van der Waals surface area contributed by atoms with Crippen molar-refractivity contribution in [2.45, 2.75) is 25.4 Å². The van der Waals surface area contributed by atoms with E-state index in [2.05, 4.69) is 25.3 Å². The highest BCUT2D eigenvalue weighted by Crippen LogP contribution is 2.28. The van der Waals surface area contributed by atoms with Crippen molar-refractivity contribution in [2.24, 2.45) is 5.92 Å². The Kier molecular flexibility index (Phi) is 3.01. The van der Waals surface area contributed by atoms with Crippen molar-refractivity contribution in [2.75, 3.05) is 39.3 Å². The highest BCUT2D eigenvalue weighted by Gasteiger charge is 2.35. The molecule has 2 bridgehead atoms. The van der Waals surface area contributed by atoms with Gasteiger partial charge in [0.2, 0.25) is 5.89 Å². The first-order chi connectivity index (χ1) is 9.38. The molecule has 0 radical (unpaired) electrons. The van der Waals surface area contributed by atoms with Crippen LogP contribution in [0.15, 0.2) is 4.52 Å². The van der Waals surface area contributed by atoms with E-state index in [0.717, 1.165) is 43.8 Å². The molecule has 1 aliphatic carbocycles. The Bertz CT molecular complexity index is 436. The van der Waals surface area contributed by atoms with E-state index < -0.39 is 0 Å². The van der Waals surface area contributed by atoms with E-state index in [-0.39, 0.29) is 0 Å². The quantitative estimate of drug-likeness (QED) is 0.821. The molecular weight excluding hydrogens is 242 g/mol. The fourth-order valence-electron chi connectivity index (χ4n) is 3.04. The van der Waals surface area contributed by atoms with Crippen molar-refractivity contribution in [3.05, 3.63) is 11.7 Å². The fraction of sp³-hybridized carbons (Fsp3) is 0.846. The number of piperazine rings is 3. The molecule has 1 aromatic rings. The van der Waals surface area contributed by atoms with Crippen LogP contribution in [0.5, 0.6) is 0 Å². The minimum Gasteiger partial charge on any atom is -0.338 e. The Labute approximate surface area is 113 Å². The molecule has 4 aliphatic rings. The number of aromatic nitrogens is 2. The van der Waals surface area contributed by atoms with E-state index in [9.17, 15) is 0 Å². The summed E-state index contributed by atoms with van der Waals surface area (Å²) in [5.74, 6) is 2.48. The van der Waals surface area contributed by atoms with Crippen LogP contribution < -0.4 is 5.32 Å². The zero-order valence-electron chi connectivity index (χ0n) is 11.2. The van der Waals surface area contributed by atoms with Gasteiger partial charge in [0.05, 0.1) is 12.6 Å². The average molecular weight is 263 g/mol. The topological polar surface area (TPSA) is 57.4 Å². The summed E-state index contributed by atoms with van der Waals surface area (Å²) in [6.07, 6.45) is 2.74. The SMILES string of the molecule is C(NCC1CC1)c1nc(C2CN3CCN2CC3)no1. The maximum absolute atomic E-state index is 5.36. The summed E-state index contributed by atoms with van der Waals surface area (Å²) in [5.41, 5.74) is 0. The van der Waals surface area contributed by atoms with E-state index in [0.29, 0.717) is 12.6 Å². The van der Waals surface area contributed by atoms with Crippen molar-refractivity contribution >= 4 is 0 Å². The molecular formula is C13H21N5O. The number of nitrogens with one attached hydrogen (secondary N) is 1. The lowest BCUT2D eigenvalue weighted by molar-refractivity contribution is 0.00781. The Morgan fingerprint density at radius 2 is 2.05 bits per heavy atom. The minimum absolute atomic E-state index is 0.337. The van der Waals surface area contributed by atoms with Crippen LogP contribution in [0.1, 0.15) is 30.6 Å². The Hall–Kier alpha value is -0.980. The first-order valence-corrected chi connectivity index (χ1v) is 7.38. The van der Waals surface area contributed by atoms with Gasteiger partial charge >= 0.3 is 0 Å². The van der Waals surface area contributed by atoms with E-state index in [1.54, 1.807) is 0 Å². The predicted octanol–water partition coefficient (Wildman–Crippen LogP) is 0.242. The summed E-state index contributed by atoms with van der Waals surface area (Å²) in [5, 5.41) is 7.57. The molecule has 1 aromatic heterocycles. The Morgan fingerprint density at radius 3 is 2.74 bits per heavy atom. The van der Waals surface area contributed by atoms with Gasteiger partial charge in [0.1, 0.15) is 0 Å². The van der Waals surface area contributed by atoms with Gasteiger partial charge in [0.15, 0.2) is 5.82 Å². The molecule has 1 saturated carbocycles. The van der Waals surface area contributed by atoms with E-state index in [1.807, 2.05) is 0 Å². The van der Waals surface area contributed by atoms with Crippen LogP contribution in [0.4, 0.5) is 0 Å². The van der Waals surface area contributed by atoms with Crippen molar-refractivity contribution in [1.29, 1.82) is 0 Å². The molecule has 104 valence electrons. The highest BCUT2D eigenvalue weighted by atomic mass is 16.5. The van der Waals surface area contributed by atoms with E-state index in [1.165, 1.54) is 25.9 Å². The second kappa shape index (κ2) is 4.85. The molecule has 0 aromatic carbocycles. The number of hydrogen-bond acceptors (Lipinski definition) is 6. The number of rotatable bonds is 5. The lowest BCUT2D eigenvalue weighted by Crippen LogP contribution is -2.57. The number of nitrogens with zero attached hydrogens (tertiary/aromatic N) is 4. The third kappa shape index (κ3) is 2.52. The van der Waals surface area contributed by atoms with Gasteiger partial charge in [-0.3, -0.25) is 9.80 Å². The van der Waals surface area contributed by atoms with Crippen molar-refractivity contribution in [3.63, 3.8) is 0 Å². The van der Waals surface area contributed by atoms with Crippen LogP contribution in [-0.2, 0) is 6.54 Å². The molecule has 1 N–H and O–H groups in total. The molecule has 1 atom stereocenters. The summed E-state index contributed by atoms with van der Waals surface area (Å²) in [6, 6.07) is 0.337. The summed E-state index contributed by atoms with van der Waals surface area (Å²) in [4.78, 5) is 9.53. The number of fused-ring (bicyclic) bond motifs is 3. The minimum atomic E-state index is 0.337. The lowest BCUT2D eigenvalue weighted by Gasteiger charge is -2.46. The van der Waals surface area contributed by atoms with Crippen LogP contribution in [-0.4, -0.2) is 59.2 Å². The normalized spacial score (nSPS) is 33.8. The van der Waals surface area contributed by atoms with Crippen LogP contribution in [0.3, 0.4) is 0 Å². The van der Waals surface area contributed by atoms with Crippen LogP contribution >= 0.6 is 0 Å². The van der Waals surface area contributed by atoms with E-state index >= 15 is 0 Å². The lowest BCUT2D eigenvalue weighted by atomic mass is 10.1. The second-order valence-electron chi connectivity index (χ2n) is 5.97. The van der Waals surface area contributed by atoms with Gasteiger partial charge in [-0.2, -0.15) is 4.98 Å². The van der Waals surface area contributed by atoms with Gasteiger partial charge in [-0.1, -0.05) is 5.16 Å². The molecule has 1 unspecified atom stereocenters. The first-order valence-electron chi connectivity index (χ1n) is 7.38. The summed E-state index contributed by atoms with van der Waals surface area (Å²) < 4.78 is 5.36. The molecule has 0 amide bonds. The van der Waals surface area contributed by atoms with Crippen LogP contribution in [0.2, 0.25) is 0 Å². The van der Waals surface area contributed by atoms with Crippen molar-refractivity contribution in [3.8, 4) is 0 Å². The summed E-state index contributed by atoms with van der Waals surface area (Å²) in [6.45, 7) is 7.48. The average Bonchev–Trinajstić information content (AvgIpc) is 3.16. The zero-order valence-corrected chi connectivity index (χ0v) is 11.2. The van der Waals surface area contributed by atoms with Crippen LogP contribution in [0.25, 0.3) is 0 Å². The summed E-state index contributed by atoms with van der Waals surface area (Å²) in [7, 11) is 0. The third-order valence-corrected chi connectivity index (χ3v) is 4.47. The molecule has 6 nitrogen and oxygen atoms in total. The zero-order chi connectivity index (χ0) is 12.7. The molecule has 5 rings (SSSR count). The molecule has 3 saturated heterocycles. The Balaban J connectivity index is 1.37. The first kappa shape index (κ1) is 11.8. The van der Waals surface area contributed by atoms with Gasteiger partial charge in [0.25, 0.3) is 0 Å². The standard InChI is InChI=1S/C13H21N5O/c1-2-10(1)7-14-8-12-15-13(16-19-12)11-9-17-3-5-18(11)6-4-17/h10-11,14H,1-9H2. The Morgan fingerprint density at radius 1 is 1.21 bits per heavy atom. The van der Waals surface area contributed by atoms with Crippen molar-refractivity contribution in [1.82, 2.24) is 25.3 Å². The molecule has 6 heteroatoms. The second-order valence-corrected chi connectivity index (χ2v) is 5.97. The fourth-order valence-corrected chi connectivity index (χ4v) is 3.04. The molecule has 3 aliphatic heterocycles. The molecule has 19 heavy (non-hydrogen) atoms. The highest BCUT2D eigenvalue weighted by molar-refractivity contribution is 5.01.